The first-order chi connectivity index (χ1) is 27.2. The van der Waals surface area contributed by atoms with Crippen molar-refractivity contribution in [2.24, 2.45) is 0 Å². The molecule has 1 aliphatic rings. The SMILES string of the molecule is CC(NC(=O)c1ccccc1)C(=O)OC[C@H]1O[C@@H](n2cc(F)c(=O)[nH]c2=O)[C@H](OC(=O)C(C)NC(=O)c2ccccc2)[C@@H]1OC(=O)C(C)NC(=O)c1ccccc1. The van der Waals surface area contributed by atoms with E-state index < -0.39 is 102 Å². The molecule has 18 heteroatoms. The summed E-state index contributed by atoms with van der Waals surface area (Å²) >= 11 is 0. The smallest absolute Gasteiger partial charge is 0.330 e. The quantitative estimate of drug-likeness (QED) is 0.105. The van der Waals surface area contributed by atoms with E-state index in [1.54, 1.807) is 59.6 Å². The van der Waals surface area contributed by atoms with Gasteiger partial charge in [0, 0.05) is 16.7 Å². The number of nitrogens with zero attached hydrogens (tertiary/aromatic N) is 1. The molecule has 4 aromatic rings. The zero-order valence-electron chi connectivity index (χ0n) is 30.7. The van der Waals surface area contributed by atoms with Crippen LogP contribution in [-0.4, -0.2) is 88.2 Å². The van der Waals surface area contributed by atoms with E-state index in [1.807, 2.05) is 0 Å². The van der Waals surface area contributed by atoms with Crippen molar-refractivity contribution in [2.75, 3.05) is 6.61 Å². The number of hydrogen-bond donors (Lipinski definition) is 4. The molecular weight excluding hydrogens is 749 g/mol. The van der Waals surface area contributed by atoms with Gasteiger partial charge in [-0.3, -0.25) is 28.7 Å². The van der Waals surface area contributed by atoms with Gasteiger partial charge < -0.3 is 34.9 Å². The Balaban J connectivity index is 1.43. The molecule has 3 aromatic carbocycles. The van der Waals surface area contributed by atoms with Crippen LogP contribution in [0, 0.1) is 5.82 Å². The molecule has 1 fully saturated rings. The number of rotatable bonds is 14. The fraction of sp³-hybridized carbons (Fsp3) is 0.282. The van der Waals surface area contributed by atoms with Gasteiger partial charge in [-0.2, -0.15) is 4.39 Å². The standard InChI is InChI=1S/C39H38FN5O12/c1-21(41-31(46)24-13-7-4-8-14-24)36(50)54-20-28-29(56-37(51)22(2)42-32(47)25-15-9-5-10-16-25)30(35(55-28)45-19-27(40)34(49)44-39(45)53)57-38(52)23(3)43-33(48)26-17-11-6-12-18-26/h4-19,21-23,28-30,35H,20H2,1-3H3,(H,41,46)(H,42,47)(H,43,48)(H,44,49,53)/t21?,22?,23?,28-,29-,30-,35-/m1/s1. The van der Waals surface area contributed by atoms with Gasteiger partial charge >= 0.3 is 23.6 Å². The van der Waals surface area contributed by atoms with Crippen LogP contribution in [-0.2, 0) is 33.3 Å². The van der Waals surface area contributed by atoms with Gasteiger partial charge in [-0.25, -0.2) is 19.2 Å². The van der Waals surface area contributed by atoms with Gasteiger partial charge in [0.2, 0.25) is 5.82 Å². The molecule has 0 bridgehead atoms. The van der Waals surface area contributed by atoms with Gasteiger partial charge in [0.25, 0.3) is 23.3 Å². The summed E-state index contributed by atoms with van der Waals surface area (Å²) in [5.41, 5.74) is -1.90. The maximum Gasteiger partial charge on any atom is 0.330 e. The fourth-order valence-electron chi connectivity index (χ4n) is 5.53. The van der Waals surface area contributed by atoms with Crippen LogP contribution in [0.4, 0.5) is 4.39 Å². The Labute approximate surface area is 323 Å². The minimum absolute atomic E-state index is 0.212. The fourth-order valence-corrected chi connectivity index (χ4v) is 5.53. The molecule has 3 amide bonds. The Morgan fingerprint density at radius 1 is 0.667 bits per heavy atom. The van der Waals surface area contributed by atoms with Crippen molar-refractivity contribution in [2.45, 2.75) is 63.4 Å². The van der Waals surface area contributed by atoms with Gasteiger partial charge in [-0.1, -0.05) is 54.6 Å². The van der Waals surface area contributed by atoms with E-state index in [0.29, 0.717) is 10.8 Å². The van der Waals surface area contributed by atoms with Crippen molar-refractivity contribution < 1.29 is 52.1 Å². The molecule has 57 heavy (non-hydrogen) atoms. The highest BCUT2D eigenvalue weighted by Gasteiger charge is 2.52. The number of H-pyrrole nitrogens is 1. The average molecular weight is 788 g/mol. The predicted octanol–water partition coefficient (Wildman–Crippen LogP) is 1.40. The van der Waals surface area contributed by atoms with E-state index in [0.717, 1.165) is 0 Å². The summed E-state index contributed by atoms with van der Waals surface area (Å²) in [6.45, 7) is 3.17. The Morgan fingerprint density at radius 3 is 1.51 bits per heavy atom. The lowest BCUT2D eigenvalue weighted by Gasteiger charge is -2.27. The summed E-state index contributed by atoms with van der Waals surface area (Å²) in [5.74, 6) is -6.51. The molecule has 5 rings (SSSR count). The van der Waals surface area contributed by atoms with Gasteiger partial charge in [-0.15, -0.1) is 0 Å². The molecule has 0 saturated carbocycles. The second-order valence-electron chi connectivity index (χ2n) is 12.8. The number of amides is 3. The summed E-state index contributed by atoms with van der Waals surface area (Å²) in [5, 5.41) is 7.43. The molecule has 3 unspecified atom stereocenters. The first-order valence-electron chi connectivity index (χ1n) is 17.5. The second kappa shape index (κ2) is 18.6. The zero-order chi connectivity index (χ0) is 41.2. The number of aromatic nitrogens is 2. The van der Waals surface area contributed by atoms with Gasteiger partial charge in [0.15, 0.2) is 18.4 Å². The number of esters is 3. The lowest BCUT2D eigenvalue weighted by atomic mass is 10.1. The number of carbonyl (C=O) groups excluding carboxylic acids is 6. The number of nitrogens with one attached hydrogen (secondary N) is 4. The van der Waals surface area contributed by atoms with Crippen LogP contribution in [0.3, 0.4) is 0 Å². The van der Waals surface area contributed by atoms with Crippen molar-refractivity contribution in [1.29, 1.82) is 0 Å². The highest BCUT2D eigenvalue weighted by atomic mass is 19.1. The molecule has 1 saturated heterocycles. The Kier molecular flexibility index (Phi) is 13.4. The Morgan fingerprint density at radius 2 is 1.07 bits per heavy atom. The van der Waals surface area contributed by atoms with Crippen LogP contribution in [0.5, 0.6) is 0 Å². The lowest BCUT2D eigenvalue weighted by molar-refractivity contribution is -0.171. The number of carbonyl (C=O) groups is 6. The molecule has 4 N–H and O–H groups in total. The van der Waals surface area contributed by atoms with E-state index in [4.69, 9.17) is 18.9 Å². The van der Waals surface area contributed by atoms with Crippen molar-refractivity contribution in [3.05, 3.63) is 141 Å². The predicted molar refractivity (Wildman–Crippen MR) is 196 cm³/mol. The summed E-state index contributed by atoms with van der Waals surface area (Å²) in [6.07, 6.45) is -6.51. The third-order valence-corrected chi connectivity index (χ3v) is 8.59. The van der Waals surface area contributed by atoms with Gasteiger partial charge in [-0.05, 0) is 57.2 Å². The zero-order valence-corrected chi connectivity index (χ0v) is 30.7. The maximum atomic E-state index is 14.6. The van der Waals surface area contributed by atoms with Crippen LogP contribution in [0.25, 0.3) is 0 Å². The van der Waals surface area contributed by atoms with Crippen molar-refractivity contribution in [3.8, 4) is 0 Å². The minimum Gasteiger partial charge on any atom is -0.461 e. The summed E-state index contributed by atoms with van der Waals surface area (Å²) < 4.78 is 38.0. The van der Waals surface area contributed by atoms with Crippen LogP contribution in [0.1, 0.15) is 58.1 Å². The van der Waals surface area contributed by atoms with E-state index in [-0.39, 0.29) is 16.7 Å². The van der Waals surface area contributed by atoms with Crippen molar-refractivity contribution in [3.63, 3.8) is 0 Å². The van der Waals surface area contributed by atoms with E-state index >= 15 is 0 Å². The number of aromatic amines is 1. The Bertz CT molecular complexity index is 2220. The highest BCUT2D eigenvalue weighted by Crippen LogP contribution is 2.34. The maximum absolute atomic E-state index is 14.6. The third-order valence-electron chi connectivity index (χ3n) is 8.59. The molecule has 1 aliphatic heterocycles. The average Bonchev–Trinajstić information content (AvgIpc) is 3.54. The first-order valence-corrected chi connectivity index (χ1v) is 17.5. The van der Waals surface area contributed by atoms with Gasteiger partial charge in [0.1, 0.15) is 30.8 Å². The molecule has 298 valence electrons. The molecule has 7 atom stereocenters. The summed E-state index contributed by atoms with van der Waals surface area (Å²) in [7, 11) is 0. The molecule has 0 aliphatic carbocycles. The monoisotopic (exact) mass is 787 g/mol. The van der Waals surface area contributed by atoms with Crippen LogP contribution < -0.4 is 27.2 Å². The third kappa shape index (κ3) is 10.4. The lowest BCUT2D eigenvalue weighted by Crippen LogP contribution is -2.49. The molecule has 17 nitrogen and oxygen atoms in total. The molecular formula is C39H38FN5O12. The topological polar surface area (TPSA) is 230 Å². The molecule has 0 radical (unpaired) electrons. The number of halogens is 1. The van der Waals surface area contributed by atoms with E-state index in [1.165, 1.54) is 57.2 Å². The largest absolute Gasteiger partial charge is 0.461 e. The Hall–Kier alpha value is -6.95. The second-order valence-corrected chi connectivity index (χ2v) is 12.8. The highest BCUT2D eigenvalue weighted by molar-refractivity contribution is 5.98. The van der Waals surface area contributed by atoms with Crippen molar-refractivity contribution >= 4 is 35.6 Å². The number of hydrogen-bond acceptors (Lipinski definition) is 12. The number of ether oxygens (including phenoxy) is 4. The minimum atomic E-state index is -1.84. The summed E-state index contributed by atoms with van der Waals surface area (Å²) in [6, 6.07) is 19.9. The van der Waals surface area contributed by atoms with Crippen LogP contribution in [0.15, 0.2) is 107 Å². The van der Waals surface area contributed by atoms with E-state index in [2.05, 4.69) is 16.0 Å². The molecule has 0 spiro atoms. The number of benzene rings is 3. The molecule has 2 heterocycles. The normalized spacial score (nSPS) is 18.9. The van der Waals surface area contributed by atoms with Crippen molar-refractivity contribution in [1.82, 2.24) is 25.5 Å². The molecule has 1 aromatic heterocycles. The van der Waals surface area contributed by atoms with E-state index in [9.17, 15) is 42.7 Å². The van der Waals surface area contributed by atoms with Crippen LogP contribution in [0.2, 0.25) is 0 Å². The summed E-state index contributed by atoms with van der Waals surface area (Å²) in [4.78, 5) is 105. The van der Waals surface area contributed by atoms with Crippen LogP contribution >= 0.6 is 0 Å². The van der Waals surface area contributed by atoms with Gasteiger partial charge in [0.05, 0.1) is 6.20 Å². The first kappa shape index (κ1) is 41.2.